The van der Waals surface area contributed by atoms with Gasteiger partial charge in [-0.2, -0.15) is 0 Å². The van der Waals surface area contributed by atoms with Crippen molar-refractivity contribution in [2.75, 3.05) is 13.6 Å². The molecule has 0 aromatic heterocycles. The molecular formula is C11H22N2O3. The Balaban J connectivity index is 2.61. The van der Waals surface area contributed by atoms with Crippen LogP contribution in [-0.4, -0.2) is 58.9 Å². The van der Waals surface area contributed by atoms with Gasteiger partial charge in [-0.3, -0.25) is 9.69 Å². The lowest BCUT2D eigenvalue weighted by Crippen LogP contribution is -2.44. The van der Waals surface area contributed by atoms with Gasteiger partial charge in [0.1, 0.15) is 0 Å². The molecule has 0 bridgehead atoms. The lowest BCUT2D eigenvalue weighted by molar-refractivity contribution is -0.119. The standard InChI is InChI=1S/C11H22N2O3/c1-4-5-8-10(15)11(16)9(13(8)3)6-12-7(2)14/h8-11,15-16H,4-6H2,1-3H3,(H,12,14). The minimum absolute atomic E-state index is 0.0150. The summed E-state index contributed by atoms with van der Waals surface area (Å²) in [6, 6.07) is -0.214. The maximum atomic E-state index is 10.8. The number of likely N-dealkylation sites (N-methyl/N-ethyl adjacent to an activating group) is 1. The van der Waals surface area contributed by atoms with Crippen LogP contribution in [0.25, 0.3) is 0 Å². The molecule has 1 aliphatic heterocycles. The highest BCUT2D eigenvalue weighted by Gasteiger charge is 2.44. The predicted octanol–water partition coefficient (Wildman–Crippen LogP) is -0.673. The third kappa shape index (κ3) is 2.72. The molecule has 1 aliphatic rings. The van der Waals surface area contributed by atoms with Crippen LogP contribution in [0.3, 0.4) is 0 Å². The van der Waals surface area contributed by atoms with Gasteiger partial charge in [0.25, 0.3) is 0 Å². The number of hydrogen-bond donors (Lipinski definition) is 3. The van der Waals surface area contributed by atoms with Crippen molar-refractivity contribution >= 4 is 5.91 Å². The van der Waals surface area contributed by atoms with Gasteiger partial charge in [-0.15, -0.1) is 0 Å². The van der Waals surface area contributed by atoms with Crippen LogP contribution in [0.4, 0.5) is 0 Å². The minimum Gasteiger partial charge on any atom is -0.389 e. The number of carbonyl (C=O) groups is 1. The van der Waals surface area contributed by atoms with Crippen LogP contribution >= 0.6 is 0 Å². The molecule has 0 aromatic carbocycles. The minimum atomic E-state index is -0.784. The summed E-state index contributed by atoms with van der Waals surface area (Å²) in [7, 11) is 1.88. The summed E-state index contributed by atoms with van der Waals surface area (Å²) in [4.78, 5) is 12.8. The van der Waals surface area contributed by atoms with Crippen LogP contribution in [0.1, 0.15) is 26.7 Å². The molecular weight excluding hydrogens is 208 g/mol. The zero-order valence-electron chi connectivity index (χ0n) is 10.2. The van der Waals surface area contributed by atoms with Gasteiger partial charge in [0.05, 0.1) is 18.2 Å². The largest absolute Gasteiger partial charge is 0.389 e. The van der Waals surface area contributed by atoms with E-state index in [1.165, 1.54) is 6.92 Å². The Labute approximate surface area is 96.4 Å². The highest BCUT2D eigenvalue weighted by atomic mass is 16.3. The normalized spacial score (nSPS) is 35.3. The average molecular weight is 230 g/mol. The molecule has 4 atom stereocenters. The molecule has 0 aromatic rings. The first-order chi connectivity index (χ1) is 7.49. The molecule has 94 valence electrons. The van der Waals surface area contributed by atoms with E-state index in [9.17, 15) is 15.0 Å². The molecule has 1 saturated heterocycles. The number of amides is 1. The number of carbonyl (C=O) groups excluding carboxylic acids is 1. The van der Waals surface area contributed by atoms with Crippen molar-refractivity contribution in [2.24, 2.45) is 0 Å². The van der Waals surface area contributed by atoms with Crippen molar-refractivity contribution in [3.8, 4) is 0 Å². The van der Waals surface area contributed by atoms with Gasteiger partial charge < -0.3 is 15.5 Å². The first-order valence-electron chi connectivity index (χ1n) is 5.81. The van der Waals surface area contributed by atoms with Crippen molar-refractivity contribution < 1.29 is 15.0 Å². The molecule has 1 amide bonds. The number of rotatable bonds is 4. The van der Waals surface area contributed by atoms with E-state index < -0.39 is 12.2 Å². The number of hydrogen-bond acceptors (Lipinski definition) is 4. The second-order valence-electron chi connectivity index (χ2n) is 4.51. The number of aliphatic hydroxyl groups is 2. The van der Waals surface area contributed by atoms with Crippen LogP contribution < -0.4 is 5.32 Å². The number of likely N-dealkylation sites (tertiary alicyclic amines) is 1. The van der Waals surface area contributed by atoms with Crippen molar-refractivity contribution in [3.63, 3.8) is 0 Å². The molecule has 5 heteroatoms. The lowest BCUT2D eigenvalue weighted by Gasteiger charge is -2.25. The summed E-state index contributed by atoms with van der Waals surface area (Å²) in [6.45, 7) is 3.87. The van der Waals surface area contributed by atoms with Gasteiger partial charge in [0.15, 0.2) is 0 Å². The predicted molar refractivity (Wildman–Crippen MR) is 60.9 cm³/mol. The van der Waals surface area contributed by atoms with E-state index in [-0.39, 0.29) is 18.0 Å². The Morgan fingerprint density at radius 1 is 1.31 bits per heavy atom. The van der Waals surface area contributed by atoms with E-state index >= 15 is 0 Å². The van der Waals surface area contributed by atoms with E-state index in [1.54, 1.807) is 0 Å². The second kappa shape index (κ2) is 5.61. The molecule has 0 radical (unpaired) electrons. The molecule has 1 rings (SSSR count). The Morgan fingerprint density at radius 2 is 1.88 bits per heavy atom. The topological polar surface area (TPSA) is 72.8 Å². The molecule has 0 aliphatic carbocycles. The fraction of sp³-hybridized carbons (Fsp3) is 0.909. The van der Waals surface area contributed by atoms with Crippen LogP contribution in [0, 0.1) is 0 Å². The maximum Gasteiger partial charge on any atom is 0.216 e. The SMILES string of the molecule is CCCC1C(O)C(O)C(CNC(C)=O)N1C. The Hall–Kier alpha value is -0.650. The van der Waals surface area contributed by atoms with E-state index in [2.05, 4.69) is 5.32 Å². The van der Waals surface area contributed by atoms with Crippen LogP contribution in [0.5, 0.6) is 0 Å². The van der Waals surface area contributed by atoms with Crippen molar-refractivity contribution in [1.82, 2.24) is 10.2 Å². The first kappa shape index (κ1) is 13.4. The van der Waals surface area contributed by atoms with E-state index in [0.717, 1.165) is 12.8 Å². The van der Waals surface area contributed by atoms with Crippen molar-refractivity contribution in [1.29, 1.82) is 0 Å². The zero-order valence-corrected chi connectivity index (χ0v) is 10.2. The maximum absolute atomic E-state index is 10.8. The Morgan fingerprint density at radius 3 is 2.38 bits per heavy atom. The average Bonchev–Trinajstić information content (AvgIpc) is 2.41. The van der Waals surface area contributed by atoms with Gasteiger partial charge in [0, 0.05) is 19.5 Å². The summed E-state index contributed by atoms with van der Waals surface area (Å²) in [5, 5.41) is 22.5. The van der Waals surface area contributed by atoms with Gasteiger partial charge in [0.2, 0.25) is 5.91 Å². The summed E-state index contributed by atoms with van der Waals surface area (Å²) in [6.07, 6.45) is 0.314. The summed E-state index contributed by atoms with van der Waals surface area (Å²) < 4.78 is 0. The smallest absolute Gasteiger partial charge is 0.216 e. The highest BCUT2D eigenvalue weighted by molar-refractivity contribution is 5.72. The first-order valence-corrected chi connectivity index (χ1v) is 5.81. The van der Waals surface area contributed by atoms with E-state index in [1.807, 2.05) is 18.9 Å². The van der Waals surface area contributed by atoms with Gasteiger partial charge in [-0.1, -0.05) is 13.3 Å². The van der Waals surface area contributed by atoms with E-state index in [0.29, 0.717) is 6.54 Å². The quantitative estimate of drug-likeness (QED) is 0.599. The van der Waals surface area contributed by atoms with Crippen LogP contribution in [0.15, 0.2) is 0 Å². The van der Waals surface area contributed by atoms with Crippen molar-refractivity contribution in [3.05, 3.63) is 0 Å². The number of nitrogens with one attached hydrogen (secondary N) is 1. The summed E-state index contributed by atoms with van der Waals surface area (Å²) in [5.41, 5.74) is 0. The van der Waals surface area contributed by atoms with Gasteiger partial charge in [-0.05, 0) is 13.5 Å². The fourth-order valence-electron chi connectivity index (χ4n) is 2.37. The fourth-order valence-corrected chi connectivity index (χ4v) is 2.37. The molecule has 1 fully saturated rings. The molecule has 1 heterocycles. The number of nitrogens with zero attached hydrogens (tertiary/aromatic N) is 1. The molecule has 0 spiro atoms. The molecule has 0 saturated carbocycles. The molecule has 16 heavy (non-hydrogen) atoms. The lowest BCUT2D eigenvalue weighted by atomic mass is 10.0. The summed E-state index contributed by atoms with van der Waals surface area (Å²) in [5.74, 6) is -0.117. The zero-order chi connectivity index (χ0) is 12.3. The van der Waals surface area contributed by atoms with Gasteiger partial charge in [-0.25, -0.2) is 0 Å². The molecule has 4 unspecified atom stereocenters. The molecule has 3 N–H and O–H groups in total. The molecule has 5 nitrogen and oxygen atoms in total. The Bertz CT molecular complexity index is 247. The van der Waals surface area contributed by atoms with Crippen LogP contribution in [0.2, 0.25) is 0 Å². The third-order valence-corrected chi connectivity index (χ3v) is 3.33. The Kier molecular flexibility index (Phi) is 4.70. The monoisotopic (exact) mass is 230 g/mol. The highest BCUT2D eigenvalue weighted by Crippen LogP contribution is 2.26. The van der Waals surface area contributed by atoms with Crippen molar-refractivity contribution in [2.45, 2.75) is 51.0 Å². The third-order valence-electron chi connectivity index (χ3n) is 3.33. The number of aliphatic hydroxyl groups excluding tert-OH is 2. The van der Waals surface area contributed by atoms with Crippen LogP contribution in [-0.2, 0) is 4.79 Å². The van der Waals surface area contributed by atoms with E-state index in [4.69, 9.17) is 0 Å². The van der Waals surface area contributed by atoms with Gasteiger partial charge >= 0.3 is 0 Å². The second-order valence-corrected chi connectivity index (χ2v) is 4.51. The summed E-state index contributed by atoms with van der Waals surface area (Å²) >= 11 is 0.